The first-order valence-electron chi connectivity index (χ1n) is 6.71. The average Bonchev–Trinajstić information content (AvgIpc) is 2.28. The third kappa shape index (κ3) is 3.01. The van der Waals surface area contributed by atoms with Crippen LogP contribution in [0.1, 0.15) is 44.9 Å². The molecule has 0 aliphatic heterocycles. The van der Waals surface area contributed by atoms with Crippen molar-refractivity contribution in [2.45, 2.75) is 56.2 Å². The van der Waals surface area contributed by atoms with Gasteiger partial charge in [0.2, 0.25) is 10.0 Å². The molecule has 17 heavy (non-hydrogen) atoms. The van der Waals surface area contributed by atoms with Crippen molar-refractivity contribution in [3.8, 4) is 0 Å². The van der Waals surface area contributed by atoms with Gasteiger partial charge in [-0.1, -0.05) is 19.3 Å². The molecule has 2 fully saturated rings. The van der Waals surface area contributed by atoms with Gasteiger partial charge in [0.05, 0.1) is 5.25 Å². The molecule has 2 saturated carbocycles. The Balaban J connectivity index is 1.89. The molecule has 2 rings (SSSR count). The lowest BCUT2D eigenvalue weighted by Gasteiger charge is -2.36. The number of hydrogen-bond donors (Lipinski definition) is 1. The van der Waals surface area contributed by atoms with Gasteiger partial charge in [0.1, 0.15) is 0 Å². The van der Waals surface area contributed by atoms with Gasteiger partial charge in [-0.3, -0.25) is 0 Å². The Labute approximate surface area is 105 Å². The highest BCUT2D eigenvalue weighted by atomic mass is 32.2. The van der Waals surface area contributed by atoms with E-state index in [-0.39, 0.29) is 5.25 Å². The van der Waals surface area contributed by atoms with Crippen LogP contribution in [0.5, 0.6) is 0 Å². The van der Waals surface area contributed by atoms with Gasteiger partial charge in [-0.25, -0.2) is 12.7 Å². The molecule has 0 atom stereocenters. The van der Waals surface area contributed by atoms with E-state index < -0.39 is 10.0 Å². The zero-order chi connectivity index (χ0) is 12.5. The summed E-state index contributed by atoms with van der Waals surface area (Å²) in [7, 11) is -1.33. The summed E-state index contributed by atoms with van der Waals surface area (Å²) in [5.41, 5.74) is 5.73. The summed E-state index contributed by atoms with van der Waals surface area (Å²) in [6.45, 7) is 0.659. The van der Waals surface area contributed by atoms with E-state index in [4.69, 9.17) is 5.73 Å². The van der Waals surface area contributed by atoms with Gasteiger partial charge in [0.25, 0.3) is 0 Å². The number of rotatable bonds is 4. The van der Waals surface area contributed by atoms with E-state index >= 15 is 0 Å². The molecule has 0 spiro atoms. The Morgan fingerprint density at radius 2 is 1.76 bits per heavy atom. The van der Waals surface area contributed by atoms with Gasteiger partial charge in [-0.2, -0.15) is 0 Å². The number of nitrogens with two attached hydrogens (primary N) is 1. The Morgan fingerprint density at radius 3 is 2.29 bits per heavy atom. The van der Waals surface area contributed by atoms with Crippen LogP contribution in [-0.2, 0) is 10.0 Å². The fourth-order valence-electron chi connectivity index (χ4n) is 3.02. The summed E-state index contributed by atoms with van der Waals surface area (Å²) in [5, 5.41) is -0.130. The maximum atomic E-state index is 12.3. The molecule has 2 aliphatic rings. The van der Waals surface area contributed by atoms with Crippen LogP contribution in [0.4, 0.5) is 0 Å². The summed E-state index contributed by atoms with van der Waals surface area (Å²) in [5.74, 6) is 0.480. The lowest BCUT2D eigenvalue weighted by atomic mass is 9.81. The van der Waals surface area contributed by atoms with Crippen LogP contribution in [0.3, 0.4) is 0 Å². The Hall–Kier alpha value is -0.130. The van der Waals surface area contributed by atoms with Crippen LogP contribution in [0.2, 0.25) is 0 Å². The molecule has 2 aliphatic carbocycles. The molecule has 0 aromatic rings. The van der Waals surface area contributed by atoms with Crippen LogP contribution in [-0.4, -0.2) is 37.6 Å². The van der Waals surface area contributed by atoms with Crippen molar-refractivity contribution < 1.29 is 8.42 Å². The van der Waals surface area contributed by atoms with Crippen molar-refractivity contribution in [1.29, 1.82) is 0 Å². The topological polar surface area (TPSA) is 63.4 Å². The first-order valence-corrected chi connectivity index (χ1v) is 8.21. The molecule has 2 N–H and O–H groups in total. The maximum absolute atomic E-state index is 12.3. The first kappa shape index (κ1) is 13.3. The summed E-state index contributed by atoms with van der Waals surface area (Å²) in [4.78, 5) is 0. The van der Waals surface area contributed by atoms with Gasteiger partial charge in [-0.15, -0.1) is 0 Å². The van der Waals surface area contributed by atoms with Crippen LogP contribution < -0.4 is 5.73 Å². The van der Waals surface area contributed by atoms with E-state index in [1.807, 2.05) is 0 Å². The van der Waals surface area contributed by atoms with E-state index in [1.54, 1.807) is 11.4 Å². The molecule has 100 valence electrons. The Bertz CT molecular complexity index is 344. The quantitative estimate of drug-likeness (QED) is 0.829. The van der Waals surface area contributed by atoms with Crippen molar-refractivity contribution in [3.63, 3.8) is 0 Å². The second-order valence-corrected chi connectivity index (χ2v) is 8.00. The molecule has 0 unspecified atom stereocenters. The second kappa shape index (κ2) is 5.24. The third-order valence-electron chi connectivity index (χ3n) is 4.20. The van der Waals surface area contributed by atoms with Gasteiger partial charge in [0.15, 0.2) is 0 Å². The van der Waals surface area contributed by atoms with Crippen LogP contribution in [0.25, 0.3) is 0 Å². The normalized spacial score (nSPS) is 31.5. The molecule has 5 heteroatoms. The molecule has 0 bridgehead atoms. The SMILES string of the molecule is CN(CC1CC(N)C1)S(=O)(=O)C1CCCCC1. The number of nitrogens with zero attached hydrogens (tertiary/aromatic N) is 1. The minimum atomic E-state index is -3.06. The van der Waals surface area contributed by atoms with Gasteiger partial charge in [0, 0.05) is 19.6 Å². The van der Waals surface area contributed by atoms with Crippen LogP contribution in [0.15, 0.2) is 0 Å². The predicted molar refractivity (Wildman–Crippen MR) is 69.1 cm³/mol. The van der Waals surface area contributed by atoms with Crippen molar-refractivity contribution in [2.24, 2.45) is 11.7 Å². The van der Waals surface area contributed by atoms with Crippen LogP contribution >= 0.6 is 0 Å². The summed E-state index contributed by atoms with van der Waals surface area (Å²) >= 11 is 0. The van der Waals surface area contributed by atoms with E-state index in [9.17, 15) is 8.42 Å². The second-order valence-electron chi connectivity index (χ2n) is 5.68. The standard InChI is InChI=1S/C12H24N2O2S/c1-14(9-10-7-11(13)8-10)17(15,16)12-5-3-2-4-6-12/h10-12H,2-9,13H2,1H3. The fraction of sp³-hybridized carbons (Fsp3) is 1.00. The zero-order valence-electron chi connectivity index (χ0n) is 10.6. The Kier molecular flexibility index (Phi) is 4.10. The molecule has 0 heterocycles. The largest absolute Gasteiger partial charge is 0.328 e. The zero-order valence-corrected chi connectivity index (χ0v) is 11.5. The van der Waals surface area contributed by atoms with E-state index in [0.717, 1.165) is 38.5 Å². The predicted octanol–water partition coefficient (Wildman–Crippen LogP) is 1.32. The molecule has 0 saturated heterocycles. The minimum absolute atomic E-state index is 0.130. The number of hydrogen-bond acceptors (Lipinski definition) is 3. The molecule has 4 nitrogen and oxygen atoms in total. The highest BCUT2D eigenvalue weighted by molar-refractivity contribution is 7.89. The van der Waals surface area contributed by atoms with E-state index in [0.29, 0.717) is 18.5 Å². The summed E-state index contributed by atoms with van der Waals surface area (Å²) in [6, 6.07) is 0.297. The lowest BCUT2D eigenvalue weighted by Crippen LogP contribution is -2.45. The monoisotopic (exact) mass is 260 g/mol. The summed E-state index contributed by atoms with van der Waals surface area (Å²) < 4.78 is 26.3. The summed E-state index contributed by atoms with van der Waals surface area (Å²) in [6.07, 6.45) is 6.95. The number of sulfonamides is 1. The lowest BCUT2D eigenvalue weighted by molar-refractivity contribution is 0.225. The third-order valence-corrected chi connectivity index (χ3v) is 6.53. The van der Waals surface area contributed by atoms with Crippen LogP contribution in [0, 0.1) is 5.92 Å². The van der Waals surface area contributed by atoms with Gasteiger partial charge >= 0.3 is 0 Å². The van der Waals surface area contributed by atoms with Crippen molar-refractivity contribution in [3.05, 3.63) is 0 Å². The average molecular weight is 260 g/mol. The molecule has 0 radical (unpaired) electrons. The maximum Gasteiger partial charge on any atom is 0.216 e. The highest BCUT2D eigenvalue weighted by Gasteiger charge is 2.34. The van der Waals surface area contributed by atoms with Gasteiger partial charge < -0.3 is 5.73 Å². The molecular formula is C12H24N2O2S. The molecular weight excluding hydrogens is 236 g/mol. The smallest absolute Gasteiger partial charge is 0.216 e. The van der Waals surface area contributed by atoms with Crippen molar-refractivity contribution >= 4 is 10.0 Å². The van der Waals surface area contributed by atoms with Crippen molar-refractivity contribution in [1.82, 2.24) is 4.31 Å². The highest BCUT2D eigenvalue weighted by Crippen LogP contribution is 2.30. The first-order chi connectivity index (χ1) is 8.00. The fourth-order valence-corrected chi connectivity index (χ4v) is 4.88. The van der Waals surface area contributed by atoms with Crippen molar-refractivity contribution in [2.75, 3.05) is 13.6 Å². The Morgan fingerprint density at radius 1 is 1.18 bits per heavy atom. The molecule has 0 aromatic heterocycles. The van der Waals surface area contributed by atoms with Gasteiger partial charge in [-0.05, 0) is 31.6 Å². The van der Waals surface area contributed by atoms with E-state index in [2.05, 4.69) is 0 Å². The molecule has 0 amide bonds. The minimum Gasteiger partial charge on any atom is -0.328 e. The van der Waals surface area contributed by atoms with E-state index in [1.165, 1.54) is 6.42 Å². The molecule has 0 aromatic carbocycles.